The Morgan fingerprint density at radius 1 is 1.35 bits per heavy atom. The van der Waals surface area contributed by atoms with Gasteiger partial charge in [0.25, 0.3) is 0 Å². The van der Waals surface area contributed by atoms with E-state index in [-0.39, 0.29) is 11.5 Å². The average Bonchev–Trinajstić information content (AvgIpc) is 2.77. The maximum atomic E-state index is 11.2. The quantitative estimate of drug-likeness (QED) is 0.577. The molecule has 1 aliphatic heterocycles. The van der Waals surface area contributed by atoms with Gasteiger partial charge in [-0.05, 0) is 25.9 Å². The first kappa shape index (κ1) is 14.9. The number of rotatable bonds is 8. The second kappa shape index (κ2) is 7.31. The molecular formula is C11H24N2O3S. The van der Waals surface area contributed by atoms with Crippen molar-refractivity contribution in [2.45, 2.75) is 25.9 Å². The zero-order valence-electron chi connectivity index (χ0n) is 10.6. The van der Waals surface area contributed by atoms with Crippen LogP contribution < -0.4 is 5.32 Å². The standard InChI is InChI=1S/C11H24N2O3S/c1-2-17(15,16)8-5-12-9-11(14)10-13-6-3-4-7-13/h11-12,14H,2-10H2,1H3. The molecule has 1 unspecified atom stereocenters. The van der Waals surface area contributed by atoms with E-state index in [0.717, 1.165) is 13.1 Å². The summed E-state index contributed by atoms with van der Waals surface area (Å²) < 4.78 is 22.4. The highest BCUT2D eigenvalue weighted by Crippen LogP contribution is 2.07. The van der Waals surface area contributed by atoms with Crippen molar-refractivity contribution in [1.82, 2.24) is 10.2 Å². The van der Waals surface area contributed by atoms with Gasteiger partial charge >= 0.3 is 0 Å². The van der Waals surface area contributed by atoms with Crippen molar-refractivity contribution >= 4 is 9.84 Å². The average molecular weight is 264 g/mol. The Balaban J connectivity index is 2.05. The van der Waals surface area contributed by atoms with Crippen molar-refractivity contribution in [2.24, 2.45) is 0 Å². The van der Waals surface area contributed by atoms with Crippen molar-refractivity contribution in [2.75, 3.05) is 44.2 Å². The number of sulfone groups is 1. The van der Waals surface area contributed by atoms with Crippen LogP contribution in [0.1, 0.15) is 19.8 Å². The van der Waals surface area contributed by atoms with E-state index in [4.69, 9.17) is 0 Å². The highest BCUT2D eigenvalue weighted by atomic mass is 32.2. The number of nitrogens with zero attached hydrogens (tertiary/aromatic N) is 1. The summed E-state index contributed by atoms with van der Waals surface area (Å²) in [6, 6.07) is 0. The third-order valence-electron chi connectivity index (χ3n) is 3.08. The van der Waals surface area contributed by atoms with E-state index in [1.165, 1.54) is 12.8 Å². The molecule has 102 valence electrons. The summed E-state index contributed by atoms with van der Waals surface area (Å²) in [5.41, 5.74) is 0. The Morgan fingerprint density at radius 2 is 2.00 bits per heavy atom. The van der Waals surface area contributed by atoms with Crippen LogP contribution in [0.2, 0.25) is 0 Å². The molecule has 0 spiro atoms. The van der Waals surface area contributed by atoms with Crippen LogP contribution in [-0.2, 0) is 9.84 Å². The lowest BCUT2D eigenvalue weighted by Gasteiger charge is -2.19. The topological polar surface area (TPSA) is 69.6 Å². The zero-order chi connectivity index (χ0) is 12.7. The molecule has 0 amide bonds. The van der Waals surface area contributed by atoms with Crippen molar-refractivity contribution in [3.8, 4) is 0 Å². The molecule has 0 aromatic rings. The Morgan fingerprint density at radius 3 is 2.59 bits per heavy atom. The number of nitrogens with one attached hydrogen (secondary N) is 1. The maximum absolute atomic E-state index is 11.2. The summed E-state index contributed by atoms with van der Waals surface area (Å²) in [5.74, 6) is 0.338. The van der Waals surface area contributed by atoms with Gasteiger partial charge in [0.2, 0.25) is 0 Å². The van der Waals surface area contributed by atoms with E-state index in [1.807, 2.05) is 0 Å². The first-order chi connectivity index (χ1) is 8.03. The highest BCUT2D eigenvalue weighted by molar-refractivity contribution is 7.91. The van der Waals surface area contributed by atoms with Crippen LogP contribution in [0.15, 0.2) is 0 Å². The van der Waals surface area contributed by atoms with Gasteiger partial charge in [0.1, 0.15) is 0 Å². The number of hydrogen-bond acceptors (Lipinski definition) is 5. The Hall–Kier alpha value is -0.170. The van der Waals surface area contributed by atoms with Crippen molar-refractivity contribution in [3.63, 3.8) is 0 Å². The fourth-order valence-corrected chi connectivity index (χ4v) is 2.71. The van der Waals surface area contributed by atoms with Crippen LogP contribution in [0.4, 0.5) is 0 Å². The van der Waals surface area contributed by atoms with Gasteiger partial charge < -0.3 is 15.3 Å². The van der Waals surface area contributed by atoms with Crippen molar-refractivity contribution in [1.29, 1.82) is 0 Å². The van der Waals surface area contributed by atoms with Crippen LogP contribution in [0.5, 0.6) is 0 Å². The third-order valence-corrected chi connectivity index (χ3v) is 4.78. The van der Waals surface area contributed by atoms with E-state index in [1.54, 1.807) is 6.92 Å². The second-order valence-electron chi connectivity index (χ2n) is 4.60. The number of hydrogen-bond donors (Lipinski definition) is 2. The summed E-state index contributed by atoms with van der Waals surface area (Å²) in [6.07, 6.45) is 2.03. The molecule has 17 heavy (non-hydrogen) atoms. The fourth-order valence-electron chi connectivity index (χ4n) is 1.97. The van der Waals surface area contributed by atoms with Gasteiger partial charge in [0, 0.05) is 25.4 Å². The molecule has 0 aliphatic carbocycles. The smallest absolute Gasteiger partial charge is 0.151 e. The molecular weight excluding hydrogens is 240 g/mol. The van der Waals surface area contributed by atoms with Crippen LogP contribution in [0.25, 0.3) is 0 Å². The van der Waals surface area contributed by atoms with E-state index >= 15 is 0 Å². The monoisotopic (exact) mass is 264 g/mol. The molecule has 1 atom stereocenters. The molecule has 0 aromatic heterocycles. The Labute approximate surface area is 104 Å². The van der Waals surface area contributed by atoms with E-state index < -0.39 is 15.9 Å². The van der Waals surface area contributed by atoms with Gasteiger partial charge in [-0.15, -0.1) is 0 Å². The molecule has 1 saturated heterocycles. The lowest BCUT2D eigenvalue weighted by atomic mass is 10.3. The lowest BCUT2D eigenvalue weighted by Crippen LogP contribution is -2.38. The SMILES string of the molecule is CCS(=O)(=O)CCNCC(O)CN1CCCC1. The molecule has 0 bridgehead atoms. The molecule has 1 aliphatic rings. The minimum atomic E-state index is -2.89. The summed E-state index contributed by atoms with van der Waals surface area (Å²) in [4.78, 5) is 2.25. The summed E-state index contributed by atoms with van der Waals surface area (Å²) in [6.45, 7) is 5.37. The molecule has 0 aromatic carbocycles. The number of likely N-dealkylation sites (tertiary alicyclic amines) is 1. The van der Waals surface area contributed by atoms with E-state index in [2.05, 4.69) is 10.2 Å². The van der Waals surface area contributed by atoms with Gasteiger partial charge in [-0.3, -0.25) is 0 Å². The van der Waals surface area contributed by atoms with Gasteiger partial charge in [0.05, 0.1) is 11.9 Å². The number of β-amino-alcohol motifs (C(OH)–C–C–N with tert-alkyl or cyclic N) is 1. The van der Waals surface area contributed by atoms with Crippen molar-refractivity contribution in [3.05, 3.63) is 0 Å². The Kier molecular flexibility index (Phi) is 6.40. The second-order valence-corrected chi connectivity index (χ2v) is 7.07. The zero-order valence-corrected chi connectivity index (χ0v) is 11.4. The molecule has 2 N–H and O–H groups in total. The van der Waals surface area contributed by atoms with Gasteiger partial charge in [-0.2, -0.15) is 0 Å². The largest absolute Gasteiger partial charge is 0.390 e. The van der Waals surface area contributed by atoms with Gasteiger partial charge in [-0.1, -0.05) is 6.92 Å². The predicted octanol–water partition coefficient (Wildman–Crippen LogP) is -0.533. The van der Waals surface area contributed by atoms with E-state index in [9.17, 15) is 13.5 Å². The van der Waals surface area contributed by atoms with Crippen LogP contribution in [0.3, 0.4) is 0 Å². The van der Waals surface area contributed by atoms with E-state index in [0.29, 0.717) is 19.6 Å². The lowest BCUT2D eigenvalue weighted by molar-refractivity contribution is 0.124. The van der Waals surface area contributed by atoms with Gasteiger partial charge in [-0.25, -0.2) is 8.42 Å². The molecule has 5 nitrogen and oxygen atoms in total. The molecule has 0 saturated carbocycles. The minimum Gasteiger partial charge on any atom is -0.390 e. The maximum Gasteiger partial charge on any atom is 0.151 e. The fraction of sp³-hybridized carbons (Fsp3) is 1.00. The number of aliphatic hydroxyl groups is 1. The van der Waals surface area contributed by atoms with Crippen LogP contribution >= 0.6 is 0 Å². The van der Waals surface area contributed by atoms with Crippen LogP contribution in [-0.4, -0.2) is 68.8 Å². The molecule has 0 radical (unpaired) electrons. The van der Waals surface area contributed by atoms with Crippen molar-refractivity contribution < 1.29 is 13.5 Å². The normalized spacial score (nSPS) is 19.6. The minimum absolute atomic E-state index is 0.153. The third kappa shape index (κ3) is 6.35. The van der Waals surface area contributed by atoms with Gasteiger partial charge in [0.15, 0.2) is 9.84 Å². The summed E-state index contributed by atoms with van der Waals surface area (Å²) in [5, 5.41) is 12.7. The molecule has 1 fully saturated rings. The predicted molar refractivity (Wildman–Crippen MR) is 68.9 cm³/mol. The number of aliphatic hydroxyl groups excluding tert-OH is 1. The Bertz CT molecular complexity index is 300. The first-order valence-corrected chi connectivity index (χ1v) is 8.17. The summed E-state index contributed by atoms with van der Waals surface area (Å²) >= 11 is 0. The van der Waals surface area contributed by atoms with Crippen LogP contribution in [0, 0.1) is 0 Å². The highest BCUT2D eigenvalue weighted by Gasteiger charge is 2.15. The summed E-state index contributed by atoms with van der Waals surface area (Å²) in [7, 11) is -2.89. The molecule has 6 heteroatoms. The molecule has 1 rings (SSSR count). The molecule has 1 heterocycles. The first-order valence-electron chi connectivity index (χ1n) is 6.35.